The van der Waals surface area contributed by atoms with Gasteiger partial charge in [-0.15, -0.1) is 11.8 Å². The summed E-state index contributed by atoms with van der Waals surface area (Å²) in [6, 6.07) is 10.8. The number of nitrogens with one attached hydrogen (secondary N) is 1. The van der Waals surface area contributed by atoms with Crippen LogP contribution in [0, 0.1) is 0 Å². The van der Waals surface area contributed by atoms with E-state index in [1.165, 1.54) is 22.4 Å². The molecule has 2 heterocycles. The van der Waals surface area contributed by atoms with Crippen molar-refractivity contribution in [2.24, 2.45) is 0 Å². The minimum absolute atomic E-state index is 0.933. The van der Waals surface area contributed by atoms with Gasteiger partial charge in [0.25, 0.3) is 0 Å². The van der Waals surface area contributed by atoms with Crippen LogP contribution in [-0.4, -0.2) is 23.3 Å². The average Bonchev–Trinajstić information content (AvgIpc) is 3.12. The van der Waals surface area contributed by atoms with E-state index in [2.05, 4.69) is 71.2 Å². The molecule has 0 atom stereocenters. The van der Waals surface area contributed by atoms with Gasteiger partial charge in [0, 0.05) is 33.8 Å². The SMILES string of the molecule is C/C=C/OC.C/C=C/c1c[nH]c2ncc(-c3cccc(SC)c3)cc12.CCC. The molecule has 0 spiro atoms. The van der Waals surface area contributed by atoms with E-state index in [1.54, 1.807) is 25.1 Å². The molecule has 1 N–H and O–H groups in total. The van der Waals surface area contributed by atoms with Gasteiger partial charge in [0.1, 0.15) is 5.65 Å². The number of aromatic nitrogens is 2. The van der Waals surface area contributed by atoms with Gasteiger partial charge in [-0.05, 0) is 43.9 Å². The smallest absolute Gasteiger partial charge is 0.137 e. The van der Waals surface area contributed by atoms with Crippen molar-refractivity contribution in [1.82, 2.24) is 9.97 Å². The monoisotopic (exact) mass is 396 g/mol. The Morgan fingerprint density at radius 2 is 1.86 bits per heavy atom. The molecule has 28 heavy (non-hydrogen) atoms. The number of methoxy groups -OCH3 is 1. The highest BCUT2D eigenvalue weighted by molar-refractivity contribution is 7.98. The maximum absolute atomic E-state index is 4.52. The quantitative estimate of drug-likeness (QED) is 0.365. The fraction of sp³-hybridized carbons (Fsp3) is 0.292. The van der Waals surface area contributed by atoms with Crippen LogP contribution in [0.4, 0.5) is 0 Å². The zero-order chi connectivity index (χ0) is 20.8. The fourth-order valence-corrected chi connectivity index (χ4v) is 2.90. The lowest BCUT2D eigenvalue weighted by Crippen LogP contribution is -1.83. The molecule has 0 aliphatic rings. The average molecular weight is 397 g/mol. The maximum atomic E-state index is 4.52. The molecule has 0 unspecified atom stereocenters. The third kappa shape index (κ3) is 7.28. The summed E-state index contributed by atoms with van der Waals surface area (Å²) < 4.78 is 4.51. The topological polar surface area (TPSA) is 37.9 Å². The van der Waals surface area contributed by atoms with Crippen molar-refractivity contribution in [3.63, 3.8) is 0 Å². The van der Waals surface area contributed by atoms with Gasteiger partial charge in [-0.1, -0.05) is 50.6 Å². The van der Waals surface area contributed by atoms with Crippen LogP contribution >= 0.6 is 11.8 Å². The Balaban J connectivity index is 0.000000421. The van der Waals surface area contributed by atoms with Crippen LogP contribution in [0.25, 0.3) is 28.2 Å². The number of H-pyrrole nitrogens is 1. The van der Waals surface area contributed by atoms with Gasteiger partial charge in [-0.2, -0.15) is 0 Å². The second-order valence-electron chi connectivity index (χ2n) is 6.01. The molecule has 3 aromatic rings. The summed E-state index contributed by atoms with van der Waals surface area (Å²) in [6.45, 7) is 8.18. The van der Waals surface area contributed by atoms with Gasteiger partial charge in [-0.3, -0.25) is 0 Å². The Hall–Kier alpha value is -2.46. The Morgan fingerprint density at radius 3 is 2.43 bits per heavy atom. The van der Waals surface area contributed by atoms with Crippen molar-refractivity contribution in [1.29, 1.82) is 0 Å². The molecule has 0 saturated carbocycles. The highest BCUT2D eigenvalue weighted by atomic mass is 32.2. The van der Waals surface area contributed by atoms with Crippen molar-refractivity contribution < 1.29 is 4.74 Å². The number of aromatic amines is 1. The van der Waals surface area contributed by atoms with Crippen LogP contribution in [0.5, 0.6) is 0 Å². The molecule has 0 fully saturated rings. The van der Waals surface area contributed by atoms with Gasteiger partial charge in [0.05, 0.1) is 13.4 Å². The molecule has 150 valence electrons. The van der Waals surface area contributed by atoms with Crippen LogP contribution in [0.1, 0.15) is 39.7 Å². The number of hydrogen-bond donors (Lipinski definition) is 1. The molecular weight excluding hydrogens is 364 g/mol. The fourth-order valence-electron chi connectivity index (χ4n) is 2.44. The number of benzene rings is 1. The second-order valence-corrected chi connectivity index (χ2v) is 6.89. The Bertz CT molecular complexity index is 881. The van der Waals surface area contributed by atoms with E-state index < -0.39 is 0 Å². The largest absolute Gasteiger partial charge is 0.505 e. The lowest BCUT2D eigenvalue weighted by molar-refractivity contribution is 0.337. The number of thioether (sulfide) groups is 1. The lowest BCUT2D eigenvalue weighted by atomic mass is 10.1. The number of nitrogens with zero attached hydrogens (tertiary/aromatic N) is 1. The zero-order valence-corrected chi connectivity index (χ0v) is 18.6. The highest BCUT2D eigenvalue weighted by Gasteiger charge is 2.05. The number of pyridine rings is 1. The van der Waals surface area contributed by atoms with Gasteiger partial charge in [-0.25, -0.2) is 4.98 Å². The first-order chi connectivity index (χ1) is 13.6. The van der Waals surface area contributed by atoms with Gasteiger partial charge in [0.15, 0.2) is 0 Å². The molecule has 2 aromatic heterocycles. The molecule has 0 aliphatic heterocycles. The molecule has 1 aromatic carbocycles. The van der Waals surface area contributed by atoms with Crippen LogP contribution in [-0.2, 0) is 4.74 Å². The first-order valence-corrected chi connectivity index (χ1v) is 10.8. The molecule has 0 amide bonds. The molecule has 3 rings (SSSR count). The third-order valence-electron chi connectivity index (χ3n) is 3.58. The summed E-state index contributed by atoms with van der Waals surface area (Å²) in [5.74, 6) is 0. The predicted molar refractivity (Wildman–Crippen MR) is 126 cm³/mol. The van der Waals surface area contributed by atoms with E-state index >= 15 is 0 Å². The summed E-state index contributed by atoms with van der Waals surface area (Å²) in [4.78, 5) is 9.00. The summed E-state index contributed by atoms with van der Waals surface area (Å²) >= 11 is 1.76. The van der Waals surface area contributed by atoms with E-state index in [-0.39, 0.29) is 0 Å². The van der Waals surface area contributed by atoms with E-state index in [0.29, 0.717) is 0 Å². The maximum Gasteiger partial charge on any atom is 0.137 e. The standard InChI is InChI=1S/C17H16N2S.C4H8O.C3H8/c1-3-5-13-10-18-17-16(13)9-14(11-19-17)12-6-4-7-15(8-12)20-2;1-3-4-5-2;1-3-2/h3-11H,1-2H3,(H,18,19);3-4H,1-2H3;3H2,1-2H3/b5-3+;4-3+;. The molecule has 3 nitrogen and oxygen atoms in total. The Labute approximate surface area is 173 Å². The Kier molecular flexibility index (Phi) is 11.5. The Morgan fingerprint density at radius 1 is 1.11 bits per heavy atom. The van der Waals surface area contributed by atoms with E-state index in [9.17, 15) is 0 Å². The van der Waals surface area contributed by atoms with Gasteiger partial charge in [0.2, 0.25) is 0 Å². The molecule has 0 aliphatic carbocycles. The van der Waals surface area contributed by atoms with Crippen molar-refractivity contribution in [2.45, 2.75) is 39.0 Å². The number of ether oxygens (including phenoxy) is 1. The molecule has 0 bridgehead atoms. The van der Waals surface area contributed by atoms with Crippen LogP contribution in [0.2, 0.25) is 0 Å². The normalized spacial score (nSPS) is 10.5. The minimum Gasteiger partial charge on any atom is -0.505 e. The van der Waals surface area contributed by atoms with E-state index in [0.717, 1.165) is 16.6 Å². The highest BCUT2D eigenvalue weighted by Crippen LogP contribution is 2.27. The number of hydrogen-bond acceptors (Lipinski definition) is 3. The number of rotatable bonds is 4. The van der Waals surface area contributed by atoms with Crippen molar-refractivity contribution in [3.8, 4) is 11.1 Å². The summed E-state index contributed by atoms with van der Waals surface area (Å²) in [5.41, 5.74) is 4.47. The minimum atomic E-state index is 0.933. The zero-order valence-electron chi connectivity index (χ0n) is 17.8. The first kappa shape index (κ1) is 23.6. The van der Waals surface area contributed by atoms with Crippen molar-refractivity contribution in [3.05, 3.63) is 66.7 Å². The van der Waals surface area contributed by atoms with Crippen LogP contribution in [0.3, 0.4) is 0 Å². The van der Waals surface area contributed by atoms with Crippen LogP contribution < -0.4 is 0 Å². The second kappa shape index (κ2) is 13.7. The van der Waals surface area contributed by atoms with Gasteiger partial charge < -0.3 is 9.72 Å². The summed E-state index contributed by atoms with van der Waals surface area (Å²) in [5, 5.41) is 1.16. The van der Waals surface area contributed by atoms with Crippen molar-refractivity contribution >= 4 is 28.9 Å². The molecule has 0 radical (unpaired) electrons. The first-order valence-electron chi connectivity index (χ1n) is 9.53. The lowest BCUT2D eigenvalue weighted by Gasteiger charge is -2.04. The molecule has 0 saturated heterocycles. The van der Waals surface area contributed by atoms with Gasteiger partial charge >= 0.3 is 0 Å². The predicted octanol–water partition coefficient (Wildman–Crippen LogP) is 7.57. The third-order valence-corrected chi connectivity index (χ3v) is 4.31. The molecule has 4 heteroatoms. The number of fused-ring (bicyclic) bond motifs is 1. The molecular formula is C24H32N2OS. The van der Waals surface area contributed by atoms with Crippen molar-refractivity contribution in [2.75, 3.05) is 13.4 Å². The number of allylic oxidation sites excluding steroid dienone is 2. The van der Waals surface area contributed by atoms with Crippen LogP contribution in [0.15, 0.2) is 66.0 Å². The summed E-state index contributed by atoms with van der Waals surface area (Å²) in [6.07, 6.45) is 14.9. The summed E-state index contributed by atoms with van der Waals surface area (Å²) in [7, 11) is 1.62. The van der Waals surface area contributed by atoms with E-state index in [1.807, 2.05) is 38.4 Å². The van der Waals surface area contributed by atoms with E-state index in [4.69, 9.17) is 0 Å².